The molecule has 0 radical (unpaired) electrons. The lowest BCUT2D eigenvalue weighted by atomic mass is 10.0. The molecule has 0 aromatic carbocycles. The zero-order valence-corrected chi connectivity index (χ0v) is 10.4. The molecule has 1 heterocycles. The summed E-state index contributed by atoms with van der Waals surface area (Å²) >= 11 is 0. The first-order valence-corrected chi connectivity index (χ1v) is 6.24. The monoisotopic (exact) mass is 209 g/mol. The highest BCUT2D eigenvalue weighted by molar-refractivity contribution is 5.17. The summed E-state index contributed by atoms with van der Waals surface area (Å²) in [7, 11) is 0. The van der Waals surface area contributed by atoms with Gasteiger partial charge in [-0.3, -0.25) is 0 Å². The van der Waals surface area contributed by atoms with Crippen molar-refractivity contribution in [1.82, 2.24) is 4.90 Å². The van der Waals surface area contributed by atoms with Crippen LogP contribution in [0.1, 0.15) is 40.5 Å². The molecule has 0 aromatic heterocycles. The Morgan fingerprint density at radius 2 is 1.80 bits per heavy atom. The van der Waals surface area contributed by atoms with Crippen molar-refractivity contribution >= 4 is 0 Å². The maximum absolute atomic E-state index is 5.86. The summed E-state index contributed by atoms with van der Waals surface area (Å²) < 4.78 is 5.86. The number of nitrogens with zero attached hydrogens (tertiary/aromatic N) is 1. The van der Waals surface area contributed by atoms with Gasteiger partial charge in [-0.15, -0.1) is 0 Å². The maximum atomic E-state index is 5.86. The van der Waals surface area contributed by atoms with Gasteiger partial charge in [-0.05, 0) is 18.8 Å². The van der Waals surface area contributed by atoms with Gasteiger partial charge in [-0.25, -0.2) is 0 Å². The maximum Gasteiger partial charge on any atom is 0.118 e. The Balaban J connectivity index is 2.28. The Morgan fingerprint density at radius 1 is 1.13 bits per heavy atom. The molecule has 0 bridgehead atoms. The first-order chi connectivity index (χ1) is 7.11. The highest BCUT2D eigenvalue weighted by Crippen LogP contribution is 2.37. The van der Waals surface area contributed by atoms with Gasteiger partial charge in [0.1, 0.15) is 12.4 Å². The first kappa shape index (κ1) is 10.8. The smallest absolute Gasteiger partial charge is 0.118 e. The number of hydrogen-bond donors (Lipinski definition) is 0. The molecule has 0 saturated heterocycles. The van der Waals surface area contributed by atoms with Gasteiger partial charge in [0, 0.05) is 12.0 Å². The highest BCUT2D eigenvalue weighted by Gasteiger charge is 2.35. The molecule has 0 spiro atoms. The van der Waals surface area contributed by atoms with Gasteiger partial charge in [0.2, 0.25) is 0 Å². The Labute approximate surface area is 93.3 Å². The molecule has 0 aromatic rings. The van der Waals surface area contributed by atoms with Crippen molar-refractivity contribution in [2.24, 2.45) is 11.8 Å². The Morgan fingerprint density at radius 3 is 2.27 bits per heavy atom. The van der Waals surface area contributed by atoms with Crippen molar-refractivity contribution in [3.8, 4) is 0 Å². The molecule has 86 valence electrons. The van der Waals surface area contributed by atoms with Gasteiger partial charge in [0.25, 0.3) is 0 Å². The molecule has 0 amide bonds. The van der Waals surface area contributed by atoms with Crippen molar-refractivity contribution < 1.29 is 4.74 Å². The third-order valence-corrected chi connectivity index (χ3v) is 3.21. The van der Waals surface area contributed by atoms with Crippen LogP contribution in [0.5, 0.6) is 0 Å². The van der Waals surface area contributed by atoms with Gasteiger partial charge < -0.3 is 9.64 Å². The van der Waals surface area contributed by atoms with Gasteiger partial charge in [-0.2, -0.15) is 0 Å². The van der Waals surface area contributed by atoms with Gasteiger partial charge in [0.15, 0.2) is 0 Å². The lowest BCUT2D eigenvalue weighted by Gasteiger charge is -2.37. The molecule has 15 heavy (non-hydrogen) atoms. The lowest BCUT2D eigenvalue weighted by molar-refractivity contribution is 0.0959. The van der Waals surface area contributed by atoms with Crippen molar-refractivity contribution in [3.05, 3.63) is 11.5 Å². The fourth-order valence-electron chi connectivity index (χ4n) is 2.43. The van der Waals surface area contributed by atoms with Crippen molar-refractivity contribution in [2.75, 3.05) is 13.2 Å². The quantitative estimate of drug-likeness (QED) is 0.708. The molecular weight excluding hydrogens is 186 g/mol. The first-order valence-electron chi connectivity index (χ1n) is 6.24. The minimum Gasteiger partial charge on any atom is -0.494 e. The molecule has 0 atom stereocenters. The molecule has 2 rings (SSSR count). The van der Waals surface area contributed by atoms with Crippen LogP contribution >= 0.6 is 0 Å². The molecule has 1 saturated carbocycles. The second-order valence-electron chi connectivity index (χ2n) is 5.33. The molecular formula is C13H23NO. The Bertz CT molecular complexity index is 264. The summed E-state index contributed by atoms with van der Waals surface area (Å²) in [6.07, 6.45) is 2.75. The van der Waals surface area contributed by atoms with E-state index in [0.29, 0.717) is 11.8 Å². The van der Waals surface area contributed by atoms with Gasteiger partial charge >= 0.3 is 0 Å². The average Bonchev–Trinajstić information content (AvgIpc) is 2.99. The summed E-state index contributed by atoms with van der Waals surface area (Å²) in [5.74, 6) is 2.34. The lowest BCUT2D eigenvalue weighted by Crippen LogP contribution is -2.37. The van der Waals surface area contributed by atoms with E-state index in [4.69, 9.17) is 4.74 Å². The van der Waals surface area contributed by atoms with E-state index in [9.17, 15) is 0 Å². The third kappa shape index (κ3) is 2.14. The summed E-state index contributed by atoms with van der Waals surface area (Å²) in [6, 6.07) is 0.819. The molecule has 1 aliphatic carbocycles. The molecule has 1 aliphatic heterocycles. The van der Waals surface area contributed by atoms with E-state index in [0.717, 1.165) is 19.2 Å². The van der Waals surface area contributed by atoms with E-state index in [-0.39, 0.29) is 0 Å². The topological polar surface area (TPSA) is 12.5 Å². The minimum absolute atomic E-state index is 0.518. The fourth-order valence-corrected chi connectivity index (χ4v) is 2.43. The van der Waals surface area contributed by atoms with Crippen LogP contribution in [0.25, 0.3) is 0 Å². The minimum atomic E-state index is 0.518. The van der Waals surface area contributed by atoms with Gasteiger partial charge in [0.05, 0.1) is 12.2 Å². The van der Waals surface area contributed by atoms with Gasteiger partial charge in [-0.1, -0.05) is 27.7 Å². The molecule has 0 N–H and O–H groups in total. The van der Waals surface area contributed by atoms with Crippen LogP contribution in [-0.4, -0.2) is 24.1 Å². The number of rotatable bonds is 3. The summed E-state index contributed by atoms with van der Waals surface area (Å²) in [6.45, 7) is 11.0. The van der Waals surface area contributed by atoms with E-state index in [1.165, 1.54) is 24.3 Å². The van der Waals surface area contributed by atoms with E-state index in [1.54, 1.807) is 0 Å². The van der Waals surface area contributed by atoms with Crippen LogP contribution in [0.15, 0.2) is 11.5 Å². The zero-order chi connectivity index (χ0) is 11.0. The molecule has 2 heteroatoms. The molecule has 1 fully saturated rings. The third-order valence-electron chi connectivity index (χ3n) is 3.21. The van der Waals surface area contributed by atoms with Crippen LogP contribution in [-0.2, 0) is 4.74 Å². The summed E-state index contributed by atoms with van der Waals surface area (Å²) in [4.78, 5) is 2.60. The normalized spacial score (nSPS) is 22.7. The molecule has 2 nitrogen and oxygen atoms in total. The van der Waals surface area contributed by atoms with E-state index >= 15 is 0 Å². The Kier molecular flexibility index (Phi) is 2.94. The van der Waals surface area contributed by atoms with E-state index in [1.807, 2.05) is 0 Å². The van der Waals surface area contributed by atoms with Crippen molar-refractivity contribution in [2.45, 2.75) is 46.6 Å². The SMILES string of the molecule is CC(C)C1=C(C(C)C)N(C2CC2)CCO1. The predicted octanol–water partition coefficient (Wildman–Crippen LogP) is 3.00. The summed E-state index contributed by atoms with van der Waals surface area (Å²) in [5.41, 5.74) is 1.47. The molecule has 0 unspecified atom stereocenters. The van der Waals surface area contributed by atoms with Crippen molar-refractivity contribution in [3.63, 3.8) is 0 Å². The average molecular weight is 209 g/mol. The molecule has 2 aliphatic rings. The van der Waals surface area contributed by atoms with Crippen LogP contribution in [0.4, 0.5) is 0 Å². The van der Waals surface area contributed by atoms with Crippen molar-refractivity contribution in [1.29, 1.82) is 0 Å². The van der Waals surface area contributed by atoms with E-state index < -0.39 is 0 Å². The van der Waals surface area contributed by atoms with Crippen LogP contribution < -0.4 is 0 Å². The number of hydrogen-bond acceptors (Lipinski definition) is 2. The van der Waals surface area contributed by atoms with Crippen LogP contribution in [0, 0.1) is 11.8 Å². The number of ether oxygens (including phenoxy) is 1. The number of allylic oxidation sites excluding steroid dienone is 2. The zero-order valence-electron chi connectivity index (χ0n) is 10.4. The largest absolute Gasteiger partial charge is 0.494 e. The van der Waals surface area contributed by atoms with Crippen LogP contribution in [0.2, 0.25) is 0 Å². The van der Waals surface area contributed by atoms with E-state index in [2.05, 4.69) is 32.6 Å². The second-order valence-corrected chi connectivity index (χ2v) is 5.33. The van der Waals surface area contributed by atoms with Crippen LogP contribution in [0.3, 0.4) is 0 Å². The summed E-state index contributed by atoms with van der Waals surface area (Å²) in [5, 5.41) is 0. The predicted molar refractivity (Wildman–Crippen MR) is 62.4 cm³/mol. The fraction of sp³-hybridized carbons (Fsp3) is 0.846. The second kappa shape index (κ2) is 4.07. The standard InChI is InChI=1S/C13H23NO/c1-9(2)12-13(10(3)4)15-8-7-14(12)11-5-6-11/h9-11H,5-8H2,1-4H3. The highest BCUT2D eigenvalue weighted by atomic mass is 16.5. The Hall–Kier alpha value is -0.660.